The van der Waals surface area contributed by atoms with E-state index in [0.29, 0.717) is 43.4 Å². The van der Waals surface area contributed by atoms with Crippen LogP contribution in [-0.4, -0.2) is 77.5 Å². The number of ether oxygens (including phenoxy) is 2. The van der Waals surface area contributed by atoms with E-state index in [9.17, 15) is 14.7 Å². The summed E-state index contributed by atoms with van der Waals surface area (Å²) in [5.41, 5.74) is -0.142. The van der Waals surface area contributed by atoms with E-state index in [1.165, 1.54) is 24.9 Å². The van der Waals surface area contributed by atoms with Gasteiger partial charge in [-0.25, -0.2) is 0 Å². The molecule has 10 heteroatoms. The van der Waals surface area contributed by atoms with Gasteiger partial charge in [-0.3, -0.25) is 9.59 Å². The standard InChI is InChI=1S/C20H25N5O5/c1-23-7-13(4-5-17(23)27)18(28)25-9-14-8-24(10-20(14,11-25)12-26)15-6-16(29-2)22-19(21-15)30-3/h4-7,14,26H,8-12H2,1-3H3/t14-,20+/m0/s1. The number of pyridine rings is 1. The molecule has 0 radical (unpaired) electrons. The molecule has 30 heavy (non-hydrogen) atoms. The maximum Gasteiger partial charge on any atom is 0.321 e. The fraction of sp³-hybridized carbons (Fsp3) is 0.500. The lowest BCUT2D eigenvalue weighted by atomic mass is 9.82. The van der Waals surface area contributed by atoms with E-state index in [1.54, 1.807) is 30.3 Å². The number of aliphatic hydroxyl groups excluding tert-OH is 1. The number of aliphatic hydroxyl groups is 1. The first-order valence-corrected chi connectivity index (χ1v) is 9.68. The Morgan fingerprint density at radius 3 is 2.67 bits per heavy atom. The van der Waals surface area contributed by atoms with Gasteiger partial charge in [0.2, 0.25) is 11.4 Å². The molecule has 1 amide bonds. The van der Waals surface area contributed by atoms with Crippen molar-refractivity contribution in [2.75, 3.05) is 51.9 Å². The fourth-order valence-electron chi connectivity index (χ4n) is 4.39. The summed E-state index contributed by atoms with van der Waals surface area (Å²) in [4.78, 5) is 37.0. The summed E-state index contributed by atoms with van der Waals surface area (Å²) < 4.78 is 11.8. The zero-order valence-electron chi connectivity index (χ0n) is 17.2. The number of methoxy groups -OCH3 is 2. The smallest absolute Gasteiger partial charge is 0.321 e. The van der Waals surface area contributed by atoms with E-state index in [0.717, 1.165) is 0 Å². The molecule has 0 unspecified atom stereocenters. The molecule has 4 heterocycles. The van der Waals surface area contributed by atoms with Crippen LogP contribution in [0.25, 0.3) is 0 Å². The summed E-state index contributed by atoms with van der Waals surface area (Å²) in [6.07, 6.45) is 1.55. The van der Waals surface area contributed by atoms with Crippen LogP contribution in [0.3, 0.4) is 0 Å². The molecule has 2 aliphatic heterocycles. The van der Waals surface area contributed by atoms with Gasteiger partial charge in [-0.05, 0) is 6.07 Å². The number of carbonyl (C=O) groups excluding carboxylic acids is 1. The second-order valence-corrected chi connectivity index (χ2v) is 7.91. The van der Waals surface area contributed by atoms with Gasteiger partial charge in [0.1, 0.15) is 5.82 Å². The van der Waals surface area contributed by atoms with Gasteiger partial charge in [0.05, 0.1) is 26.4 Å². The van der Waals surface area contributed by atoms with Crippen LogP contribution < -0.4 is 19.9 Å². The summed E-state index contributed by atoms with van der Waals surface area (Å²) in [5, 5.41) is 10.3. The Labute approximate surface area is 173 Å². The van der Waals surface area contributed by atoms with Crippen LogP contribution in [0.15, 0.2) is 29.2 Å². The molecule has 2 atom stereocenters. The second-order valence-electron chi connectivity index (χ2n) is 7.91. The first-order valence-electron chi connectivity index (χ1n) is 9.68. The monoisotopic (exact) mass is 415 g/mol. The minimum absolute atomic E-state index is 0.0371. The highest BCUT2D eigenvalue weighted by atomic mass is 16.5. The molecule has 2 fully saturated rings. The third-order valence-corrected chi connectivity index (χ3v) is 6.08. The lowest BCUT2D eigenvalue weighted by molar-refractivity contribution is 0.0747. The third kappa shape index (κ3) is 3.36. The number of amides is 1. The topological polar surface area (TPSA) is 110 Å². The van der Waals surface area contributed by atoms with Crippen LogP contribution in [0.1, 0.15) is 10.4 Å². The number of rotatable bonds is 5. The molecule has 0 aromatic carbocycles. The summed E-state index contributed by atoms with van der Waals surface area (Å²) >= 11 is 0. The minimum Gasteiger partial charge on any atom is -0.481 e. The predicted molar refractivity (Wildman–Crippen MR) is 108 cm³/mol. The number of hydrogen-bond acceptors (Lipinski definition) is 8. The Morgan fingerprint density at radius 2 is 2.03 bits per heavy atom. The number of fused-ring (bicyclic) bond motifs is 1. The van der Waals surface area contributed by atoms with Gasteiger partial charge < -0.3 is 28.9 Å². The van der Waals surface area contributed by atoms with Gasteiger partial charge in [0.25, 0.3) is 5.91 Å². The highest BCUT2D eigenvalue weighted by Gasteiger charge is 2.53. The van der Waals surface area contributed by atoms with Crippen LogP contribution in [0.5, 0.6) is 11.9 Å². The number of nitrogens with zero attached hydrogens (tertiary/aromatic N) is 5. The van der Waals surface area contributed by atoms with Crippen molar-refractivity contribution >= 4 is 11.7 Å². The number of hydrogen-bond donors (Lipinski definition) is 1. The highest BCUT2D eigenvalue weighted by molar-refractivity contribution is 5.94. The zero-order chi connectivity index (χ0) is 21.5. The van der Waals surface area contributed by atoms with E-state index in [2.05, 4.69) is 14.9 Å². The van der Waals surface area contributed by atoms with Gasteiger partial charge in [0.15, 0.2) is 0 Å². The molecule has 0 aliphatic carbocycles. The van der Waals surface area contributed by atoms with E-state index in [1.807, 2.05) is 0 Å². The van der Waals surface area contributed by atoms with Gasteiger partial charge in [0, 0.05) is 62.9 Å². The lowest BCUT2D eigenvalue weighted by Gasteiger charge is -2.27. The van der Waals surface area contributed by atoms with Crippen molar-refractivity contribution in [3.63, 3.8) is 0 Å². The Hall–Kier alpha value is -3.14. The van der Waals surface area contributed by atoms with E-state index >= 15 is 0 Å². The van der Waals surface area contributed by atoms with E-state index < -0.39 is 5.41 Å². The second kappa shape index (κ2) is 7.60. The summed E-state index contributed by atoms with van der Waals surface area (Å²) in [7, 11) is 4.65. The summed E-state index contributed by atoms with van der Waals surface area (Å²) in [6, 6.07) is 4.90. The maximum absolute atomic E-state index is 13.0. The fourth-order valence-corrected chi connectivity index (χ4v) is 4.39. The number of aromatic nitrogens is 3. The van der Waals surface area contributed by atoms with Gasteiger partial charge in [-0.1, -0.05) is 0 Å². The van der Waals surface area contributed by atoms with Crippen LogP contribution in [0, 0.1) is 11.3 Å². The maximum atomic E-state index is 13.0. The minimum atomic E-state index is -0.443. The normalized spacial score (nSPS) is 22.9. The van der Waals surface area contributed by atoms with Crippen LogP contribution in [0.2, 0.25) is 0 Å². The molecule has 4 rings (SSSR count). The van der Waals surface area contributed by atoms with Crippen LogP contribution >= 0.6 is 0 Å². The van der Waals surface area contributed by atoms with Crippen LogP contribution in [0.4, 0.5) is 5.82 Å². The molecule has 0 bridgehead atoms. The Kier molecular flexibility index (Phi) is 5.10. The van der Waals surface area contributed by atoms with Crippen molar-refractivity contribution in [3.05, 3.63) is 40.3 Å². The molecule has 2 saturated heterocycles. The number of aryl methyl sites for hydroxylation is 1. The SMILES string of the molecule is COc1cc(N2C[C@H]3CN(C(=O)c4ccc(=O)n(C)c4)C[C@@]3(CO)C2)nc(OC)n1. The molecular formula is C20H25N5O5. The quantitative estimate of drug-likeness (QED) is 0.713. The molecule has 160 valence electrons. The number of anilines is 1. The average molecular weight is 415 g/mol. The molecule has 2 aliphatic rings. The molecule has 10 nitrogen and oxygen atoms in total. The molecule has 0 saturated carbocycles. The summed E-state index contributed by atoms with van der Waals surface area (Å²) in [6.45, 7) is 2.11. The first kappa shape index (κ1) is 20.1. The zero-order valence-corrected chi connectivity index (χ0v) is 17.2. The first-order chi connectivity index (χ1) is 14.4. The van der Waals surface area contributed by atoms with Crippen molar-refractivity contribution in [1.29, 1.82) is 0 Å². The Bertz CT molecular complexity index is 1000. The van der Waals surface area contributed by atoms with Crippen molar-refractivity contribution in [2.45, 2.75) is 0 Å². The van der Waals surface area contributed by atoms with Gasteiger partial charge in [-0.15, -0.1) is 0 Å². The van der Waals surface area contributed by atoms with E-state index in [-0.39, 0.29) is 30.0 Å². The molecule has 0 spiro atoms. The molecule has 1 N–H and O–H groups in total. The highest BCUT2D eigenvalue weighted by Crippen LogP contribution is 2.44. The van der Waals surface area contributed by atoms with Crippen LogP contribution in [-0.2, 0) is 7.05 Å². The number of likely N-dealkylation sites (tertiary alicyclic amines) is 1. The van der Waals surface area contributed by atoms with Gasteiger partial charge >= 0.3 is 6.01 Å². The molecule has 2 aromatic rings. The van der Waals surface area contributed by atoms with Crippen molar-refractivity contribution in [1.82, 2.24) is 19.4 Å². The lowest BCUT2D eigenvalue weighted by Crippen LogP contribution is -2.39. The van der Waals surface area contributed by atoms with E-state index in [4.69, 9.17) is 9.47 Å². The van der Waals surface area contributed by atoms with Crippen molar-refractivity contribution in [3.8, 4) is 11.9 Å². The molecular weight excluding hydrogens is 390 g/mol. The average Bonchev–Trinajstić information content (AvgIpc) is 3.29. The van der Waals surface area contributed by atoms with Crippen molar-refractivity contribution < 1.29 is 19.4 Å². The Morgan fingerprint density at radius 1 is 1.23 bits per heavy atom. The summed E-state index contributed by atoms with van der Waals surface area (Å²) in [5.74, 6) is 1.02. The Balaban J connectivity index is 1.54. The number of carbonyl (C=O) groups is 1. The third-order valence-electron chi connectivity index (χ3n) is 6.08. The molecule has 2 aromatic heterocycles. The largest absolute Gasteiger partial charge is 0.481 e. The van der Waals surface area contributed by atoms with Gasteiger partial charge in [-0.2, -0.15) is 9.97 Å². The van der Waals surface area contributed by atoms with Crippen molar-refractivity contribution in [2.24, 2.45) is 18.4 Å². The predicted octanol–water partition coefficient (Wildman–Crippen LogP) is -0.237.